The second-order valence-electron chi connectivity index (χ2n) is 3.19. The van der Waals surface area contributed by atoms with Crippen LogP contribution in [-0.2, 0) is 0 Å². The van der Waals surface area contributed by atoms with Crippen molar-refractivity contribution in [1.29, 1.82) is 0 Å². The summed E-state index contributed by atoms with van der Waals surface area (Å²) in [6.07, 6.45) is 3.18. The first-order valence-electron chi connectivity index (χ1n) is 4.80. The molecule has 0 amide bonds. The highest BCUT2D eigenvalue weighted by atomic mass is 35.5. The van der Waals surface area contributed by atoms with Crippen LogP contribution in [0.2, 0.25) is 5.02 Å². The Morgan fingerprint density at radius 1 is 1.36 bits per heavy atom. The summed E-state index contributed by atoms with van der Waals surface area (Å²) in [5.41, 5.74) is 2.01. The van der Waals surface area contributed by atoms with Gasteiger partial charge in [-0.25, -0.2) is 0 Å². The molecule has 0 atom stereocenters. The number of unbranched alkanes of at least 4 members (excludes halogenated alkanes) is 1. The van der Waals surface area contributed by atoms with Gasteiger partial charge in [0.1, 0.15) is 0 Å². The van der Waals surface area contributed by atoms with Gasteiger partial charge in [-0.05, 0) is 30.5 Å². The Hall–Kier alpha value is -1.02. The van der Waals surface area contributed by atoms with E-state index in [0.717, 1.165) is 35.6 Å². The molecule has 2 nitrogen and oxygen atoms in total. The average molecular weight is 211 g/mol. The summed E-state index contributed by atoms with van der Waals surface area (Å²) in [5, 5.41) is 4.54. The Morgan fingerprint density at radius 2 is 2.00 bits per heavy atom. The molecule has 0 heterocycles. The number of rotatable bonds is 4. The van der Waals surface area contributed by atoms with Crippen molar-refractivity contribution in [3.05, 3.63) is 34.9 Å². The number of nitrogens with zero attached hydrogens (tertiary/aromatic N) is 1. The fourth-order valence-electron chi connectivity index (χ4n) is 1.27. The minimum atomic E-state index is 0.737. The molecule has 0 aliphatic heterocycles. The molecular weight excluding hydrogens is 196 g/mol. The topological polar surface area (TPSA) is 38.4 Å². The van der Waals surface area contributed by atoms with Gasteiger partial charge < -0.3 is 5.84 Å². The highest BCUT2D eigenvalue weighted by Crippen LogP contribution is 2.12. The van der Waals surface area contributed by atoms with Crippen molar-refractivity contribution in [2.75, 3.05) is 0 Å². The van der Waals surface area contributed by atoms with Gasteiger partial charge in [-0.1, -0.05) is 37.1 Å². The van der Waals surface area contributed by atoms with E-state index < -0.39 is 0 Å². The van der Waals surface area contributed by atoms with Gasteiger partial charge in [0, 0.05) is 5.02 Å². The summed E-state index contributed by atoms with van der Waals surface area (Å²) in [6, 6.07) is 7.61. The molecule has 2 N–H and O–H groups in total. The highest BCUT2D eigenvalue weighted by Gasteiger charge is 2.02. The highest BCUT2D eigenvalue weighted by molar-refractivity contribution is 6.30. The monoisotopic (exact) mass is 210 g/mol. The molecule has 0 aliphatic rings. The van der Waals surface area contributed by atoms with Crippen molar-refractivity contribution in [3.63, 3.8) is 0 Å². The molecule has 0 saturated carbocycles. The number of halogens is 1. The van der Waals surface area contributed by atoms with E-state index in [2.05, 4.69) is 12.0 Å². The van der Waals surface area contributed by atoms with Gasteiger partial charge in [-0.15, -0.1) is 0 Å². The van der Waals surface area contributed by atoms with Crippen LogP contribution in [0.1, 0.15) is 31.7 Å². The zero-order valence-electron chi connectivity index (χ0n) is 8.33. The maximum Gasteiger partial charge on any atom is 0.0672 e. The molecule has 0 saturated heterocycles. The van der Waals surface area contributed by atoms with Crippen molar-refractivity contribution in [1.82, 2.24) is 0 Å². The van der Waals surface area contributed by atoms with Gasteiger partial charge in [-0.2, -0.15) is 5.10 Å². The lowest BCUT2D eigenvalue weighted by Gasteiger charge is -2.04. The van der Waals surface area contributed by atoms with E-state index >= 15 is 0 Å². The molecule has 0 fully saturated rings. The quantitative estimate of drug-likeness (QED) is 0.463. The van der Waals surface area contributed by atoms with Crippen LogP contribution in [0.25, 0.3) is 0 Å². The third-order valence-corrected chi connectivity index (χ3v) is 2.35. The van der Waals surface area contributed by atoms with Crippen LogP contribution in [0.4, 0.5) is 0 Å². The number of hydrazone groups is 1. The van der Waals surface area contributed by atoms with E-state index in [4.69, 9.17) is 17.4 Å². The van der Waals surface area contributed by atoms with Gasteiger partial charge in [0.2, 0.25) is 0 Å². The van der Waals surface area contributed by atoms with Crippen molar-refractivity contribution >= 4 is 17.3 Å². The summed E-state index contributed by atoms with van der Waals surface area (Å²) in [4.78, 5) is 0. The van der Waals surface area contributed by atoms with Crippen molar-refractivity contribution in [2.24, 2.45) is 10.9 Å². The average Bonchev–Trinajstić information content (AvgIpc) is 2.21. The summed E-state index contributed by atoms with van der Waals surface area (Å²) in [5.74, 6) is 5.34. The number of hydrogen-bond acceptors (Lipinski definition) is 2. The summed E-state index contributed by atoms with van der Waals surface area (Å²) < 4.78 is 0. The standard InChI is InChI=1S/C11H15ClN2/c1-2-3-4-11(14-13)9-5-7-10(12)8-6-9/h5-8H,2-4,13H2,1H3/b14-11+. The van der Waals surface area contributed by atoms with Crippen LogP contribution < -0.4 is 5.84 Å². The predicted molar refractivity (Wildman–Crippen MR) is 61.7 cm³/mol. The van der Waals surface area contributed by atoms with Gasteiger partial charge in [0.15, 0.2) is 0 Å². The van der Waals surface area contributed by atoms with Crippen LogP contribution >= 0.6 is 11.6 Å². The molecule has 0 unspecified atom stereocenters. The van der Waals surface area contributed by atoms with Crippen molar-refractivity contribution < 1.29 is 0 Å². The first kappa shape index (κ1) is 11.1. The summed E-state index contributed by atoms with van der Waals surface area (Å²) in [7, 11) is 0. The Kier molecular flexibility index (Phi) is 4.47. The number of nitrogens with two attached hydrogens (primary N) is 1. The molecule has 0 bridgehead atoms. The maximum absolute atomic E-state index is 5.79. The zero-order chi connectivity index (χ0) is 10.4. The van der Waals surface area contributed by atoms with Crippen molar-refractivity contribution in [3.8, 4) is 0 Å². The van der Waals surface area contributed by atoms with Gasteiger partial charge in [0.05, 0.1) is 5.71 Å². The van der Waals surface area contributed by atoms with Crippen LogP contribution in [-0.4, -0.2) is 5.71 Å². The van der Waals surface area contributed by atoms with Gasteiger partial charge in [0.25, 0.3) is 0 Å². The van der Waals surface area contributed by atoms with Crippen LogP contribution in [0.3, 0.4) is 0 Å². The van der Waals surface area contributed by atoms with E-state index in [1.54, 1.807) is 0 Å². The summed E-state index contributed by atoms with van der Waals surface area (Å²) >= 11 is 5.79. The minimum absolute atomic E-state index is 0.737. The Balaban J connectivity index is 2.75. The van der Waals surface area contributed by atoms with E-state index in [9.17, 15) is 0 Å². The smallest absolute Gasteiger partial charge is 0.0672 e. The van der Waals surface area contributed by atoms with Gasteiger partial charge in [-0.3, -0.25) is 0 Å². The second kappa shape index (κ2) is 5.66. The summed E-state index contributed by atoms with van der Waals surface area (Å²) in [6.45, 7) is 2.15. The first-order valence-corrected chi connectivity index (χ1v) is 5.18. The van der Waals surface area contributed by atoms with Crippen molar-refractivity contribution in [2.45, 2.75) is 26.2 Å². The molecule has 0 radical (unpaired) electrons. The fraction of sp³-hybridized carbons (Fsp3) is 0.364. The van der Waals surface area contributed by atoms with E-state index in [1.165, 1.54) is 0 Å². The molecule has 1 aromatic carbocycles. The maximum atomic E-state index is 5.79. The Morgan fingerprint density at radius 3 is 2.50 bits per heavy atom. The van der Waals surface area contributed by atoms with Crippen LogP contribution in [0.5, 0.6) is 0 Å². The Bertz CT molecular complexity index is 304. The molecular formula is C11H15ClN2. The largest absolute Gasteiger partial charge is 0.323 e. The molecule has 3 heteroatoms. The van der Waals surface area contributed by atoms with E-state index in [-0.39, 0.29) is 0 Å². The molecule has 0 spiro atoms. The third-order valence-electron chi connectivity index (χ3n) is 2.10. The van der Waals surface area contributed by atoms with Crippen LogP contribution in [0.15, 0.2) is 29.4 Å². The molecule has 14 heavy (non-hydrogen) atoms. The normalized spacial score (nSPS) is 11.7. The molecule has 1 rings (SSSR count). The second-order valence-corrected chi connectivity index (χ2v) is 3.62. The minimum Gasteiger partial charge on any atom is -0.323 e. The lowest BCUT2D eigenvalue weighted by atomic mass is 10.1. The lowest BCUT2D eigenvalue weighted by molar-refractivity contribution is 0.832. The number of hydrogen-bond donors (Lipinski definition) is 1. The fourth-order valence-corrected chi connectivity index (χ4v) is 1.40. The van der Waals surface area contributed by atoms with E-state index in [0.29, 0.717) is 0 Å². The Labute approximate surface area is 89.8 Å². The molecule has 0 aliphatic carbocycles. The first-order chi connectivity index (χ1) is 6.77. The molecule has 1 aromatic rings. The predicted octanol–water partition coefficient (Wildman–Crippen LogP) is 3.19. The molecule has 0 aromatic heterocycles. The molecule has 76 valence electrons. The van der Waals surface area contributed by atoms with Crippen LogP contribution in [0, 0.1) is 0 Å². The third kappa shape index (κ3) is 3.04. The SMILES string of the molecule is CCCC/C(=N\N)c1ccc(Cl)cc1. The van der Waals surface area contributed by atoms with Gasteiger partial charge >= 0.3 is 0 Å². The lowest BCUT2D eigenvalue weighted by Crippen LogP contribution is -2.03. The zero-order valence-corrected chi connectivity index (χ0v) is 9.09. The van der Waals surface area contributed by atoms with E-state index in [1.807, 2.05) is 24.3 Å². The number of benzene rings is 1.